The van der Waals surface area contributed by atoms with E-state index in [1.165, 1.54) is 22.3 Å². The van der Waals surface area contributed by atoms with E-state index in [9.17, 15) is 0 Å². The Morgan fingerprint density at radius 1 is 1.06 bits per heavy atom. The van der Waals surface area contributed by atoms with Crippen LogP contribution >= 0.6 is 12.6 Å². The number of benzene rings is 2. The van der Waals surface area contributed by atoms with Crippen LogP contribution in [0, 0.1) is 5.92 Å². The molecule has 2 aromatic rings. The number of fused-ring (bicyclic) bond motifs is 1. The molecule has 0 amide bonds. The molecule has 5 rings (SSSR count). The van der Waals surface area contributed by atoms with Gasteiger partial charge in [-0.25, -0.2) is 0 Å². The first-order valence-corrected chi connectivity index (χ1v) is 11.8. The molecular formula is C29H28N2S. The molecular weight excluding hydrogens is 408 g/mol. The number of nitrogens with zero attached hydrogens (tertiary/aromatic N) is 1. The number of rotatable bonds is 4. The first-order chi connectivity index (χ1) is 15.6. The van der Waals surface area contributed by atoms with Crippen molar-refractivity contribution in [3.8, 4) is 0 Å². The van der Waals surface area contributed by atoms with Crippen LogP contribution in [0.2, 0.25) is 0 Å². The van der Waals surface area contributed by atoms with Crippen molar-refractivity contribution in [3.63, 3.8) is 0 Å². The Balaban J connectivity index is 1.55. The smallest absolute Gasteiger partial charge is 0.0465 e. The van der Waals surface area contributed by atoms with Gasteiger partial charge in [0.05, 0.1) is 0 Å². The monoisotopic (exact) mass is 436 g/mol. The minimum absolute atomic E-state index is 0.417. The van der Waals surface area contributed by atoms with Gasteiger partial charge in [0, 0.05) is 51.2 Å². The van der Waals surface area contributed by atoms with Crippen LogP contribution in [0.15, 0.2) is 112 Å². The maximum Gasteiger partial charge on any atom is 0.0465 e. The third kappa shape index (κ3) is 3.93. The van der Waals surface area contributed by atoms with E-state index in [0.717, 1.165) is 58.9 Å². The molecule has 0 saturated heterocycles. The second-order valence-electron chi connectivity index (χ2n) is 8.54. The molecule has 0 saturated carbocycles. The number of hydrogen-bond acceptors (Lipinski definition) is 3. The van der Waals surface area contributed by atoms with Crippen molar-refractivity contribution in [1.82, 2.24) is 0 Å². The van der Waals surface area contributed by atoms with E-state index in [1.54, 1.807) is 0 Å². The second-order valence-corrected chi connectivity index (χ2v) is 9.06. The lowest BCUT2D eigenvalue weighted by Gasteiger charge is -2.28. The summed E-state index contributed by atoms with van der Waals surface area (Å²) in [5.41, 5.74) is 10.6. The molecule has 2 heterocycles. The molecule has 0 fully saturated rings. The van der Waals surface area contributed by atoms with E-state index < -0.39 is 0 Å². The summed E-state index contributed by atoms with van der Waals surface area (Å²) < 4.78 is 0. The lowest BCUT2D eigenvalue weighted by atomic mass is 9.83. The summed E-state index contributed by atoms with van der Waals surface area (Å²) in [6.07, 6.45) is 12.3. The summed E-state index contributed by atoms with van der Waals surface area (Å²) in [6, 6.07) is 16.8. The van der Waals surface area contributed by atoms with Gasteiger partial charge in [-0.15, -0.1) is 12.6 Å². The predicted molar refractivity (Wildman–Crippen MR) is 140 cm³/mol. The SMILES string of the molecule is C=C1Nc2ccc(S)cc2C(c2ccccc2)=C1C1=NCC(C2=CCC=C(CC)C=C2)C1. The van der Waals surface area contributed by atoms with E-state index in [-0.39, 0.29) is 0 Å². The fourth-order valence-electron chi connectivity index (χ4n) is 4.82. The Kier molecular flexibility index (Phi) is 5.75. The molecule has 32 heavy (non-hydrogen) atoms. The van der Waals surface area contributed by atoms with Crippen LogP contribution in [0.1, 0.15) is 37.3 Å². The summed E-state index contributed by atoms with van der Waals surface area (Å²) in [5.74, 6) is 0.417. The predicted octanol–water partition coefficient (Wildman–Crippen LogP) is 7.40. The number of thiol groups is 1. The van der Waals surface area contributed by atoms with Crippen LogP contribution < -0.4 is 5.32 Å². The van der Waals surface area contributed by atoms with E-state index >= 15 is 0 Å². The van der Waals surface area contributed by atoms with Crippen LogP contribution in [0.3, 0.4) is 0 Å². The fraction of sp³-hybridized carbons (Fsp3) is 0.207. The summed E-state index contributed by atoms with van der Waals surface area (Å²) in [4.78, 5) is 6.00. The van der Waals surface area contributed by atoms with Crippen LogP contribution in [0.25, 0.3) is 5.57 Å². The Bertz CT molecular complexity index is 1230. The van der Waals surface area contributed by atoms with Crippen LogP contribution in [0.5, 0.6) is 0 Å². The molecule has 160 valence electrons. The largest absolute Gasteiger partial charge is 0.355 e. The lowest BCUT2D eigenvalue weighted by molar-refractivity contribution is 0.709. The number of allylic oxidation sites excluding steroid dienone is 6. The number of hydrogen-bond donors (Lipinski definition) is 2. The van der Waals surface area contributed by atoms with Crippen LogP contribution in [-0.4, -0.2) is 12.3 Å². The highest BCUT2D eigenvalue weighted by atomic mass is 32.1. The molecule has 3 heteroatoms. The molecule has 1 unspecified atom stereocenters. The zero-order valence-corrected chi connectivity index (χ0v) is 19.3. The molecule has 0 spiro atoms. The maximum absolute atomic E-state index is 5.05. The van der Waals surface area contributed by atoms with E-state index in [2.05, 4.69) is 98.2 Å². The third-order valence-electron chi connectivity index (χ3n) is 6.51. The average molecular weight is 437 g/mol. The molecule has 0 bridgehead atoms. The normalized spacial score (nSPS) is 20.2. The first kappa shape index (κ1) is 20.8. The topological polar surface area (TPSA) is 24.4 Å². The van der Waals surface area contributed by atoms with E-state index in [0.29, 0.717) is 5.92 Å². The van der Waals surface area contributed by atoms with Crippen molar-refractivity contribution >= 4 is 29.6 Å². The zero-order chi connectivity index (χ0) is 22.1. The fourth-order valence-corrected chi connectivity index (χ4v) is 5.02. The second kappa shape index (κ2) is 8.84. The zero-order valence-electron chi connectivity index (χ0n) is 18.4. The highest BCUT2D eigenvalue weighted by molar-refractivity contribution is 7.80. The summed E-state index contributed by atoms with van der Waals surface area (Å²) in [6.45, 7) is 7.44. The van der Waals surface area contributed by atoms with Crippen LogP contribution in [0.4, 0.5) is 5.69 Å². The van der Waals surface area contributed by atoms with Crippen molar-refractivity contribution in [2.75, 3.05) is 11.9 Å². The van der Waals surface area contributed by atoms with Gasteiger partial charge in [-0.1, -0.05) is 73.7 Å². The number of anilines is 1. The Labute approximate surface area is 196 Å². The Morgan fingerprint density at radius 2 is 1.91 bits per heavy atom. The van der Waals surface area contributed by atoms with Crippen molar-refractivity contribution in [1.29, 1.82) is 0 Å². The van der Waals surface area contributed by atoms with Crippen molar-refractivity contribution in [2.24, 2.45) is 10.9 Å². The first-order valence-electron chi connectivity index (χ1n) is 11.3. The van der Waals surface area contributed by atoms with Gasteiger partial charge in [-0.05, 0) is 48.6 Å². The van der Waals surface area contributed by atoms with Gasteiger partial charge in [0.15, 0.2) is 0 Å². The molecule has 3 aliphatic rings. The van der Waals surface area contributed by atoms with Crippen molar-refractivity contribution in [3.05, 3.63) is 113 Å². The van der Waals surface area contributed by atoms with Gasteiger partial charge in [-0.3, -0.25) is 4.99 Å². The molecule has 2 aliphatic heterocycles. The molecule has 2 aromatic carbocycles. The van der Waals surface area contributed by atoms with Gasteiger partial charge in [0.25, 0.3) is 0 Å². The van der Waals surface area contributed by atoms with Gasteiger partial charge in [0.2, 0.25) is 0 Å². The minimum Gasteiger partial charge on any atom is -0.355 e. The van der Waals surface area contributed by atoms with Gasteiger partial charge in [0.1, 0.15) is 0 Å². The molecule has 0 radical (unpaired) electrons. The van der Waals surface area contributed by atoms with Crippen LogP contribution in [-0.2, 0) is 0 Å². The maximum atomic E-state index is 5.05. The Hall–Kier alpha value is -3.04. The molecule has 0 aromatic heterocycles. The highest BCUT2D eigenvalue weighted by Crippen LogP contribution is 2.42. The number of aliphatic imine (C=N–C) groups is 1. The summed E-state index contributed by atoms with van der Waals surface area (Å²) >= 11 is 4.62. The van der Waals surface area contributed by atoms with Gasteiger partial charge < -0.3 is 5.32 Å². The lowest BCUT2D eigenvalue weighted by Crippen LogP contribution is -2.18. The van der Waals surface area contributed by atoms with Crippen molar-refractivity contribution < 1.29 is 0 Å². The molecule has 1 atom stereocenters. The van der Waals surface area contributed by atoms with E-state index in [1.807, 2.05) is 6.07 Å². The third-order valence-corrected chi connectivity index (χ3v) is 6.78. The summed E-state index contributed by atoms with van der Waals surface area (Å²) in [7, 11) is 0. The van der Waals surface area contributed by atoms with Crippen molar-refractivity contribution in [2.45, 2.75) is 31.1 Å². The number of nitrogens with one attached hydrogen (secondary N) is 1. The molecule has 2 nitrogen and oxygen atoms in total. The average Bonchev–Trinajstić information content (AvgIpc) is 3.16. The minimum atomic E-state index is 0.417. The quantitative estimate of drug-likeness (QED) is 0.480. The highest BCUT2D eigenvalue weighted by Gasteiger charge is 2.30. The standard InChI is InChI=1S/C29H28N2S/c1-3-20-8-7-11-21(13-12-20)23-16-27(30-18-23)28-19(2)31-26-15-14-24(32)17-25(26)29(28)22-9-5-4-6-10-22/h4-6,8-15,17,23,31-32H,2-3,7,16,18H2,1H3. The van der Waals surface area contributed by atoms with E-state index in [4.69, 9.17) is 4.99 Å². The van der Waals surface area contributed by atoms with Gasteiger partial charge in [-0.2, -0.15) is 0 Å². The summed E-state index contributed by atoms with van der Waals surface area (Å²) in [5, 5.41) is 3.53. The Morgan fingerprint density at radius 3 is 2.72 bits per heavy atom. The van der Waals surface area contributed by atoms with Gasteiger partial charge >= 0.3 is 0 Å². The molecule has 1 aliphatic carbocycles. The molecule has 1 N–H and O–H groups in total.